The van der Waals surface area contributed by atoms with Crippen LogP contribution in [0.3, 0.4) is 0 Å². The molecule has 0 spiro atoms. The number of rotatable bonds is 5. The van der Waals surface area contributed by atoms with Crippen LogP contribution in [0.25, 0.3) is 0 Å². The summed E-state index contributed by atoms with van der Waals surface area (Å²) in [6, 6.07) is 7.47. The number of urea groups is 1. The Kier molecular flexibility index (Phi) is 4.45. The van der Waals surface area contributed by atoms with Gasteiger partial charge in [-0.1, -0.05) is 12.1 Å². The summed E-state index contributed by atoms with van der Waals surface area (Å²) in [5.74, 6) is -0.467. The summed E-state index contributed by atoms with van der Waals surface area (Å²) in [6.45, 7) is 1.10. The molecule has 0 bridgehead atoms. The summed E-state index contributed by atoms with van der Waals surface area (Å²) < 4.78 is 5.13. The molecule has 6 nitrogen and oxygen atoms in total. The van der Waals surface area contributed by atoms with E-state index < -0.39 is 11.9 Å². The predicted molar refractivity (Wildman–Crippen MR) is 72.8 cm³/mol. The number of benzene rings is 1. The smallest absolute Gasteiger partial charge is 0.317 e. The molecule has 2 rings (SSSR count). The molecule has 1 aromatic rings. The zero-order valence-corrected chi connectivity index (χ0v) is 11.3. The lowest BCUT2D eigenvalue weighted by molar-refractivity contribution is -0.146. The summed E-state index contributed by atoms with van der Waals surface area (Å²) in [7, 11) is 1.61. The number of hydrogen-bond acceptors (Lipinski definition) is 3. The van der Waals surface area contributed by atoms with E-state index in [2.05, 4.69) is 5.32 Å². The fourth-order valence-electron chi connectivity index (χ4n) is 2.05. The van der Waals surface area contributed by atoms with E-state index in [0.29, 0.717) is 26.1 Å². The maximum atomic E-state index is 11.7. The molecule has 0 saturated carbocycles. The Bertz CT molecular complexity index is 498. The highest BCUT2D eigenvalue weighted by molar-refractivity contribution is 5.79. The molecular formula is C14H18N2O4. The van der Waals surface area contributed by atoms with Gasteiger partial charge >= 0.3 is 12.0 Å². The van der Waals surface area contributed by atoms with E-state index in [-0.39, 0.29) is 6.03 Å². The minimum absolute atomic E-state index is 0.203. The Morgan fingerprint density at radius 1 is 1.45 bits per heavy atom. The number of likely N-dealkylation sites (tertiary alicyclic amines) is 1. The molecule has 1 heterocycles. The first-order valence-corrected chi connectivity index (χ1v) is 6.48. The van der Waals surface area contributed by atoms with Crippen LogP contribution in [0.15, 0.2) is 24.3 Å². The molecule has 1 saturated heterocycles. The first kappa shape index (κ1) is 14.2. The van der Waals surface area contributed by atoms with Gasteiger partial charge in [0.1, 0.15) is 5.75 Å². The number of aliphatic carboxylic acids is 1. The van der Waals surface area contributed by atoms with Crippen molar-refractivity contribution in [3.8, 4) is 5.75 Å². The second-order valence-corrected chi connectivity index (χ2v) is 4.77. The maximum absolute atomic E-state index is 11.7. The molecule has 108 valence electrons. The molecule has 2 amide bonds. The minimum atomic E-state index is -0.842. The molecule has 0 radical (unpaired) electrons. The van der Waals surface area contributed by atoms with Crippen LogP contribution in [-0.4, -0.2) is 48.8 Å². The van der Waals surface area contributed by atoms with Gasteiger partial charge in [-0.05, 0) is 24.1 Å². The van der Waals surface area contributed by atoms with Crippen molar-refractivity contribution in [3.05, 3.63) is 29.8 Å². The van der Waals surface area contributed by atoms with Crippen molar-refractivity contribution in [2.75, 3.05) is 26.7 Å². The van der Waals surface area contributed by atoms with E-state index in [1.165, 1.54) is 4.90 Å². The van der Waals surface area contributed by atoms with Gasteiger partial charge in [-0.15, -0.1) is 0 Å². The van der Waals surface area contributed by atoms with Gasteiger partial charge < -0.3 is 20.1 Å². The lowest BCUT2D eigenvalue weighted by atomic mass is 10.0. The molecule has 6 heteroatoms. The number of carboxylic acids is 1. The zero-order chi connectivity index (χ0) is 14.5. The molecule has 1 fully saturated rings. The number of nitrogens with zero attached hydrogens (tertiary/aromatic N) is 1. The molecule has 0 aliphatic carbocycles. The fourth-order valence-corrected chi connectivity index (χ4v) is 2.05. The number of carbonyl (C=O) groups excluding carboxylic acids is 1. The Morgan fingerprint density at radius 3 is 2.85 bits per heavy atom. The molecule has 0 aromatic heterocycles. The van der Waals surface area contributed by atoms with Crippen molar-refractivity contribution in [1.82, 2.24) is 10.2 Å². The number of nitrogens with one attached hydrogen (secondary N) is 1. The number of ether oxygens (including phenoxy) is 1. The third-order valence-electron chi connectivity index (χ3n) is 3.34. The summed E-state index contributed by atoms with van der Waals surface area (Å²) in [5.41, 5.74) is 1.08. The molecule has 2 N–H and O–H groups in total. The first-order valence-electron chi connectivity index (χ1n) is 6.48. The Balaban J connectivity index is 1.71. The van der Waals surface area contributed by atoms with Crippen LogP contribution in [0.2, 0.25) is 0 Å². The highest BCUT2D eigenvalue weighted by atomic mass is 16.5. The van der Waals surface area contributed by atoms with Gasteiger partial charge in [0.15, 0.2) is 0 Å². The molecule has 1 aromatic carbocycles. The highest BCUT2D eigenvalue weighted by Gasteiger charge is 2.35. The van der Waals surface area contributed by atoms with Crippen molar-refractivity contribution < 1.29 is 19.4 Å². The second-order valence-electron chi connectivity index (χ2n) is 4.77. The normalized spacial score (nSPS) is 14.6. The van der Waals surface area contributed by atoms with E-state index in [0.717, 1.165) is 11.3 Å². The van der Waals surface area contributed by atoms with Gasteiger partial charge in [0.05, 0.1) is 13.0 Å². The SMILES string of the molecule is COc1cccc(CCNC(=O)N2CC(C(=O)O)C2)c1. The molecule has 0 atom stereocenters. The third-order valence-corrected chi connectivity index (χ3v) is 3.34. The summed E-state index contributed by atoms with van der Waals surface area (Å²) in [4.78, 5) is 23.8. The van der Waals surface area contributed by atoms with Crippen LogP contribution in [0.5, 0.6) is 5.75 Å². The van der Waals surface area contributed by atoms with E-state index in [1.54, 1.807) is 7.11 Å². The van der Waals surface area contributed by atoms with Crippen LogP contribution < -0.4 is 10.1 Å². The topological polar surface area (TPSA) is 78.9 Å². The van der Waals surface area contributed by atoms with Crippen LogP contribution in [0, 0.1) is 5.92 Å². The van der Waals surface area contributed by atoms with Gasteiger partial charge in [0.2, 0.25) is 0 Å². The second kappa shape index (κ2) is 6.27. The van der Waals surface area contributed by atoms with Crippen LogP contribution >= 0.6 is 0 Å². The van der Waals surface area contributed by atoms with E-state index in [4.69, 9.17) is 9.84 Å². The van der Waals surface area contributed by atoms with Crippen molar-refractivity contribution in [2.24, 2.45) is 5.92 Å². The number of carbonyl (C=O) groups is 2. The molecule has 0 unspecified atom stereocenters. The fraction of sp³-hybridized carbons (Fsp3) is 0.429. The van der Waals surface area contributed by atoms with Gasteiger partial charge in [0.25, 0.3) is 0 Å². The van der Waals surface area contributed by atoms with Crippen LogP contribution in [0.1, 0.15) is 5.56 Å². The Labute approximate surface area is 117 Å². The van der Waals surface area contributed by atoms with Gasteiger partial charge in [-0.25, -0.2) is 4.79 Å². The third kappa shape index (κ3) is 3.40. The number of amides is 2. The minimum Gasteiger partial charge on any atom is -0.497 e. The van der Waals surface area contributed by atoms with Crippen molar-refractivity contribution in [3.63, 3.8) is 0 Å². The largest absolute Gasteiger partial charge is 0.497 e. The lowest BCUT2D eigenvalue weighted by Crippen LogP contribution is -2.56. The van der Waals surface area contributed by atoms with E-state index in [1.807, 2.05) is 24.3 Å². The van der Waals surface area contributed by atoms with Crippen molar-refractivity contribution >= 4 is 12.0 Å². The van der Waals surface area contributed by atoms with E-state index in [9.17, 15) is 9.59 Å². The van der Waals surface area contributed by atoms with Gasteiger partial charge in [-0.3, -0.25) is 4.79 Å². The van der Waals surface area contributed by atoms with Gasteiger partial charge in [-0.2, -0.15) is 0 Å². The predicted octanol–water partition coefficient (Wildman–Crippen LogP) is 0.964. The maximum Gasteiger partial charge on any atom is 0.317 e. The highest BCUT2D eigenvalue weighted by Crippen LogP contribution is 2.15. The Hall–Kier alpha value is -2.24. The molecule has 20 heavy (non-hydrogen) atoms. The average Bonchev–Trinajstić information content (AvgIpc) is 2.36. The first-order chi connectivity index (χ1) is 9.60. The number of carboxylic acid groups (broad SMARTS) is 1. The van der Waals surface area contributed by atoms with Crippen molar-refractivity contribution in [1.29, 1.82) is 0 Å². The van der Waals surface area contributed by atoms with Crippen LogP contribution in [-0.2, 0) is 11.2 Å². The van der Waals surface area contributed by atoms with Crippen LogP contribution in [0.4, 0.5) is 4.79 Å². The molecular weight excluding hydrogens is 260 g/mol. The quantitative estimate of drug-likeness (QED) is 0.841. The summed E-state index contributed by atoms with van der Waals surface area (Å²) >= 11 is 0. The molecule has 1 aliphatic rings. The lowest BCUT2D eigenvalue weighted by Gasteiger charge is -2.36. The number of methoxy groups -OCH3 is 1. The zero-order valence-electron chi connectivity index (χ0n) is 11.3. The standard InChI is InChI=1S/C14H18N2O4/c1-20-12-4-2-3-10(7-12)5-6-15-14(19)16-8-11(9-16)13(17)18/h2-4,7,11H,5-6,8-9H2,1H3,(H,15,19)(H,17,18). The average molecular weight is 278 g/mol. The van der Waals surface area contributed by atoms with Crippen molar-refractivity contribution in [2.45, 2.75) is 6.42 Å². The van der Waals surface area contributed by atoms with E-state index >= 15 is 0 Å². The molecule has 1 aliphatic heterocycles. The Morgan fingerprint density at radius 2 is 2.20 bits per heavy atom. The number of hydrogen-bond donors (Lipinski definition) is 2. The summed E-state index contributed by atoms with van der Waals surface area (Å²) in [6.07, 6.45) is 0.707. The van der Waals surface area contributed by atoms with Gasteiger partial charge in [0, 0.05) is 19.6 Å². The summed E-state index contributed by atoms with van der Waals surface area (Å²) in [5, 5.41) is 11.5. The monoisotopic (exact) mass is 278 g/mol.